The first-order chi connectivity index (χ1) is 25.8. The lowest BCUT2D eigenvalue weighted by molar-refractivity contribution is 0.990. The highest BCUT2D eigenvalue weighted by Crippen LogP contribution is 2.44. The molecule has 2 heterocycles. The highest BCUT2D eigenvalue weighted by atomic mass is 32.1. The summed E-state index contributed by atoms with van der Waals surface area (Å²) in [4.78, 5) is 0. The molecule has 2 atom stereocenters. The zero-order valence-corrected chi connectivity index (χ0v) is 30.1. The van der Waals surface area contributed by atoms with Crippen molar-refractivity contribution in [3.05, 3.63) is 228 Å². The minimum Gasteiger partial charge on any atom is -0.135 e. The predicted molar refractivity (Wildman–Crippen MR) is 225 cm³/mol. The molecule has 246 valence electrons. The van der Waals surface area contributed by atoms with E-state index in [1.54, 1.807) is 0 Å². The van der Waals surface area contributed by atoms with E-state index in [4.69, 9.17) is 0 Å². The molecule has 10 rings (SSSR count). The van der Waals surface area contributed by atoms with Crippen LogP contribution in [0.15, 0.2) is 194 Å². The fourth-order valence-corrected chi connectivity index (χ4v) is 10.6. The molecule has 0 bridgehead atoms. The largest absolute Gasteiger partial charge is 0.135 e. The molecule has 0 radical (unpaired) electrons. The minimum atomic E-state index is 0.137. The molecular formula is C50H34S2. The van der Waals surface area contributed by atoms with Crippen LogP contribution >= 0.6 is 22.7 Å². The predicted octanol–water partition coefficient (Wildman–Crippen LogP) is 14.4. The van der Waals surface area contributed by atoms with Crippen molar-refractivity contribution < 1.29 is 0 Å². The van der Waals surface area contributed by atoms with Crippen LogP contribution in [0.4, 0.5) is 0 Å². The lowest BCUT2D eigenvalue weighted by atomic mass is 9.83. The fourth-order valence-electron chi connectivity index (χ4n) is 8.12. The van der Waals surface area contributed by atoms with Gasteiger partial charge in [0.1, 0.15) is 0 Å². The van der Waals surface area contributed by atoms with E-state index < -0.39 is 0 Å². The Labute approximate surface area is 311 Å². The zero-order valence-electron chi connectivity index (χ0n) is 28.4. The summed E-state index contributed by atoms with van der Waals surface area (Å²) < 4.78 is 5.42. The smallest absolute Gasteiger partial charge is 0.0397 e. The Balaban J connectivity index is 1.03. The fraction of sp³-hybridized carbons (Fsp3) is 0.0400. The van der Waals surface area contributed by atoms with Crippen molar-refractivity contribution in [1.82, 2.24) is 0 Å². The van der Waals surface area contributed by atoms with Gasteiger partial charge in [-0.05, 0) is 56.6 Å². The maximum atomic E-state index is 2.34. The molecule has 0 spiro atoms. The second-order valence-electron chi connectivity index (χ2n) is 13.6. The number of rotatable bonds is 7. The first-order valence-electron chi connectivity index (χ1n) is 17.9. The average Bonchev–Trinajstić information content (AvgIpc) is 3.79. The molecule has 0 N–H and O–H groups in total. The van der Waals surface area contributed by atoms with E-state index in [1.807, 2.05) is 22.7 Å². The third kappa shape index (κ3) is 5.35. The van der Waals surface area contributed by atoms with Crippen LogP contribution in [0, 0.1) is 0 Å². The Morgan fingerprint density at radius 1 is 0.269 bits per heavy atom. The first-order valence-corrected chi connectivity index (χ1v) is 19.5. The van der Waals surface area contributed by atoms with Gasteiger partial charge in [0.15, 0.2) is 0 Å². The van der Waals surface area contributed by atoms with Gasteiger partial charge in [0, 0.05) is 52.2 Å². The molecule has 0 aliphatic heterocycles. The molecule has 52 heavy (non-hydrogen) atoms. The van der Waals surface area contributed by atoms with Gasteiger partial charge in [-0.25, -0.2) is 0 Å². The molecule has 2 heteroatoms. The highest BCUT2D eigenvalue weighted by molar-refractivity contribution is 7.26. The summed E-state index contributed by atoms with van der Waals surface area (Å²) in [7, 11) is 0. The molecule has 2 unspecified atom stereocenters. The number of hydrogen-bond donors (Lipinski definition) is 0. The Morgan fingerprint density at radius 2 is 0.615 bits per heavy atom. The van der Waals surface area contributed by atoms with Gasteiger partial charge >= 0.3 is 0 Å². The molecule has 0 nitrogen and oxygen atoms in total. The van der Waals surface area contributed by atoms with Gasteiger partial charge in [0.05, 0.1) is 0 Å². The van der Waals surface area contributed by atoms with Gasteiger partial charge in [-0.2, -0.15) is 0 Å². The molecular weight excluding hydrogens is 665 g/mol. The topological polar surface area (TPSA) is 0 Å². The lowest BCUT2D eigenvalue weighted by Crippen LogP contribution is -2.04. The van der Waals surface area contributed by atoms with E-state index in [0.717, 1.165) is 0 Å². The Bertz CT molecular complexity index is 2630. The SMILES string of the molecule is c1ccc(C(c2ccc(-c3ccc(C(c4ccccc4)c4cccc5c4sc4ccccc45)cc3)cc2)c2cccc3c2sc2ccccc23)cc1. The van der Waals surface area contributed by atoms with Gasteiger partial charge in [-0.1, -0.05) is 182 Å². The quantitative estimate of drug-likeness (QED) is 0.145. The number of hydrogen-bond acceptors (Lipinski definition) is 2. The van der Waals surface area contributed by atoms with Crippen LogP contribution in [0.2, 0.25) is 0 Å². The average molecular weight is 699 g/mol. The lowest BCUT2D eigenvalue weighted by Gasteiger charge is -2.21. The third-order valence-corrected chi connectivity index (χ3v) is 13.0. The molecule has 0 amide bonds. The first kappa shape index (κ1) is 31.0. The van der Waals surface area contributed by atoms with E-state index in [1.165, 1.54) is 84.9 Å². The van der Waals surface area contributed by atoms with E-state index in [9.17, 15) is 0 Å². The van der Waals surface area contributed by atoms with E-state index in [0.29, 0.717) is 0 Å². The maximum Gasteiger partial charge on any atom is 0.0397 e. The Morgan fingerprint density at radius 3 is 1.04 bits per heavy atom. The van der Waals surface area contributed by atoms with Crippen LogP contribution in [0.3, 0.4) is 0 Å². The zero-order chi connectivity index (χ0) is 34.4. The standard InChI is InChI=1S/C50H34S2/c1-3-13-35(14-4-1)47(43-21-11-19-41-39-17-7-9-23-45(39)51-49(41)43)37-29-25-33(26-30-37)34-27-31-38(32-28-34)48(36-15-5-2-6-16-36)44-22-12-20-42-40-18-8-10-24-46(40)52-50(42)44/h1-32,47-48H. The van der Waals surface area contributed by atoms with Crippen molar-refractivity contribution in [2.24, 2.45) is 0 Å². The summed E-state index contributed by atoms with van der Waals surface area (Å²) >= 11 is 3.82. The molecule has 0 saturated carbocycles. The maximum absolute atomic E-state index is 2.34. The second kappa shape index (κ2) is 13.1. The van der Waals surface area contributed by atoms with Crippen molar-refractivity contribution in [2.45, 2.75) is 11.8 Å². The van der Waals surface area contributed by atoms with Crippen LogP contribution < -0.4 is 0 Å². The van der Waals surface area contributed by atoms with Crippen LogP contribution in [-0.4, -0.2) is 0 Å². The van der Waals surface area contributed by atoms with Crippen molar-refractivity contribution >= 4 is 63.0 Å². The molecule has 0 saturated heterocycles. The molecule has 0 aliphatic rings. The summed E-state index contributed by atoms with van der Waals surface area (Å²) in [5.41, 5.74) is 10.4. The summed E-state index contributed by atoms with van der Waals surface area (Å²) in [6.45, 7) is 0. The number of benzene rings is 8. The van der Waals surface area contributed by atoms with Gasteiger partial charge in [0.2, 0.25) is 0 Å². The molecule has 0 aliphatic carbocycles. The summed E-state index contributed by atoms with van der Waals surface area (Å²) in [6.07, 6.45) is 0. The van der Waals surface area contributed by atoms with Gasteiger partial charge in [-0.15, -0.1) is 22.7 Å². The van der Waals surface area contributed by atoms with Gasteiger partial charge in [-0.3, -0.25) is 0 Å². The summed E-state index contributed by atoms with van der Waals surface area (Å²) in [6, 6.07) is 71.7. The van der Waals surface area contributed by atoms with Crippen LogP contribution in [0.25, 0.3) is 51.5 Å². The Hall–Kier alpha value is -5.80. The van der Waals surface area contributed by atoms with Gasteiger partial charge < -0.3 is 0 Å². The monoisotopic (exact) mass is 698 g/mol. The number of fused-ring (bicyclic) bond motifs is 6. The van der Waals surface area contributed by atoms with Gasteiger partial charge in [0.25, 0.3) is 0 Å². The van der Waals surface area contributed by atoms with Crippen LogP contribution in [-0.2, 0) is 0 Å². The summed E-state index contributed by atoms with van der Waals surface area (Å²) in [5.74, 6) is 0.273. The van der Waals surface area contributed by atoms with Crippen molar-refractivity contribution in [1.29, 1.82) is 0 Å². The molecule has 8 aromatic carbocycles. The molecule has 0 fully saturated rings. The van der Waals surface area contributed by atoms with E-state index >= 15 is 0 Å². The van der Waals surface area contributed by atoms with E-state index in [-0.39, 0.29) is 11.8 Å². The number of thiophene rings is 2. The Kier molecular flexibility index (Phi) is 7.79. The van der Waals surface area contributed by atoms with Crippen LogP contribution in [0.1, 0.15) is 45.2 Å². The molecule has 10 aromatic rings. The van der Waals surface area contributed by atoms with Crippen molar-refractivity contribution in [3.8, 4) is 11.1 Å². The van der Waals surface area contributed by atoms with Crippen LogP contribution in [0.5, 0.6) is 0 Å². The molecule has 2 aromatic heterocycles. The van der Waals surface area contributed by atoms with Crippen molar-refractivity contribution in [2.75, 3.05) is 0 Å². The van der Waals surface area contributed by atoms with Crippen molar-refractivity contribution in [3.63, 3.8) is 0 Å². The summed E-state index contributed by atoms with van der Waals surface area (Å²) in [5, 5.41) is 5.36. The minimum absolute atomic E-state index is 0.137. The normalized spacial score (nSPS) is 12.8. The highest BCUT2D eigenvalue weighted by Gasteiger charge is 2.23. The third-order valence-electron chi connectivity index (χ3n) is 10.6. The van der Waals surface area contributed by atoms with E-state index in [2.05, 4.69) is 194 Å². The second-order valence-corrected chi connectivity index (χ2v) is 15.7.